The molecule has 2 aliphatic rings. The van der Waals surface area contributed by atoms with Crippen molar-refractivity contribution in [2.24, 2.45) is 11.8 Å². The van der Waals surface area contributed by atoms with Crippen LogP contribution in [-0.2, 0) is 9.59 Å². The molecule has 160 valence electrons. The molecule has 3 rings (SSSR count). The normalized spacial score (nSPS) is 19.0. The molecule has 0 aromatic heterocycles. The maximum atomic E-state index is 13.9. The van der Waals surface area contributed by atoms with Crippen LogP contribution in [0.5, 0.6) is 0 Å². The Labute approximate surface area is 180 Å². The zero-order valence-corrected chi connectivity index (χ0v) is 17.2. The highest BCUT2D eigenvalue weighted by atomic mass is 35.5. The number of nitriles is 1. The number of amides is 2. The first kappa shape index (κ1) is 22.3. The van der Waals surface area contributed by atoms with Crippen LogP contribution in [0, 0.1) is 29.0 Å². The van der Waals surface area contributed by atoms with Gasteiger partial charge in [0.15, 0.2) is 6.10 Å². The third-order valence-corrected chi connectivity index (χ3v) is 5.64. The van der Waals surface area contributed by atoms with E-state index in [0.29, 0.717) is 24.7 Å². The van der Waals surface area contributed by atoms with E-state index in [9.17, 15) is 19.1 Å². The highest BCUT2D eigenvalue weighted by molar-refractivity contribution is 6.30. The molecular formula is C22H25ClFN3O3. The van der Waals surface area contributed by atoms with Crippen LogP contribution in [0.25, 0.3) is 6.08 Å². The second-order valence-electron chi connectivity index (χ2n) is 8.11. The van der Waals surface area contributed by atoms with Crippen molar-refractivity contribution < 1.29 is 19.1 Å². The van der Waals surface area contributed by atoms with E-state index in [0.717, 1.165) is 31.7 Å². The van der Waals surface area contributed by atoms with Gasteiger partial charge in [0.1, 0.15) is 11.9 Å². The van der Waals surface area contributed by atoms with Crippen LogP contribution in [0.4, 0.5) is 4.39 Å². The standard InChI is InChI=1S/C22H25ClFN3O3/c23-16-7-5-15(17(24)11-16)6-8-21(29)26-19(10-14-3-4-14)22(30)27-18(20(28)12-25)9-13-1-2-13/h5-8,11,13-14,18-20,28H,1-4,9-10H2,(H,26,29)(H,27,30)/b8-6+/t18?,19-,20?/m0/s1. The number of nitrogens with zero attached hydrogens (tertiary/aromatic N) is 1. The molecule has 0 radical (unpaired) electrons. The maximum absolute atomic E-state index is 13.9. The molecule has 0 spiro atoms. The molecule has 2 aliphatic carbocycles. The van der Waals surface area contributed by atoms with Crippen molar-refractivity contribution in [3.05, 3.63) is 40.7 Å². The van der Waals surface area contributed by atoms with Gasteiger partial charge in [0.2, 0.25) is 11.8 Å². The summed E-state index contributed by atoms with van der Waals surface area (Å²) >= 11 is 5.72. The summed E-state index contributed by atoms with van der Waals surface area (Å²) in [4.78, 5) is 25.1. The van der Waals surface area contributed by atoms with Gasteiger partial charge in [-0.05, 0) is 42.9 Å². The van der Waals surface area contributed by atoms with E-state index < -0.39 is 35.8 Å². The largest absolute Gasteiger partial charge is 0.376 e. The molecule has 0 saturated heterocycles. The third-order valence-electron chi connectivity index (χ3n) is 5.40. The summed E-state index contributed by atoms with van der Waals surface area (Å²) in [7, 11) is 0. The molecule has 30 heavy (non-hydrogen) atoms. The van der Waals surface area contributed by atoms with Crippen molar-refractivity contribution in [2.75, 3.05) is 0 Å². The second-order valence-corrected chi connectivity index (χ2v) is 8.54. The average molecular weight is 434 g/mol. The summed E-state index contributed by atoms with van der Waals surface area (Å²) < 4.78 is 13.9. The molecule has 2 unspecified atom stereocenters. The number of aliphatic hydroxyl groups is 1. The molecule has 3 atom stereocenters. The van der Waals surface area contributed by atoms with Gasteiger partial charge in [-0.2, -0.15) is 5.26 Å². The zero-order chi connectivity index (χ0) is 21.7. The Kier molecular flexibility index (Phi) is 7.46. The number of aliphatic hydroxyl groups excluding tert-OH is 1. The van der Waals surface area contributed by atoms with Crippen molar-refractivity contribution in [1.29, 1.82) is 5.26 Å². The lowest BCUT2D eigenvalue weighted by Gasteiger charge is -2.24. The van der Waals surface area contributed by atoms with E-state index in [2.05, 4.69) is 10.6 Å². The molecule has 0 bridgehead atoms. The quantitative estimate of drug-likeness (QED) is 0.390. The van der Waals surface area contributed by atoms with Crippen LogP contribution < -0.4 is 10.6 Å². The summed E-state index contributed by atoms with van der Waals surface area (Å²) in [6.45, 7) is 0. The van der Waals surface area contributed by atoms with E-state index in [1.54, 1.807) is 6.07 Å². The highest BCUT2D eigenvalue weighted by Crippen LogP contribution is 2.35. The van der Waals surface area contributed by atoms with E-state index >= 15 is 0 Å². The maximum Gasteiger partial charge on any atom is 0.244 e. The first-order valence-corrected chi connectivity index (χ1v) is 10.5. The Hall–Kier alpha value is -2.43. The van der Waals surface area contributed by atoms with Gasteiger partial charge >= 0.3 is 0 Å². The fourth-order valence-corrected chi connectivity index (χ4v) is 3.45. The Bertz CT molecular complexity index is 862. The van der Waals surface area contributed by atoms with Crippen LogP contribution in [0.3, 0.4) is 0 Å². The summed E-state index contributed by atoms with van der Waals surface area (Å²) in [6.07, 6.45) is 6.28. The topological polar surface area (TPSA) is 102 Å². The smallest absolute Gasteiger partial charge is 0.244 e. The van der Waals surface area contributed by atoms with Gasteiger partial charge < -0.3 is 15.7 Å². The van der Waals surface area contributed by atoms with Crippen LogP contribution in [0.15, 0.2) is 24.3 Å². The van der Waals surface area contributed by atoms with Gasteiger partial charge in [-0.3, -0.25) is 9.59 Å². The number of halogens is 2. The van der Waals surface area contributed by atoms with Gasteiger partial charge in [-0.1, -0.05) is 43.4 Å². The van der Waals surface area contributed by atoms with E-state index in [-0.39, 0.29) is 10.6 Å². The van der Waals surface area contributed by atoms with Gasteiger partial charge in [-0.15, -0.1) is 0 Å². The second kappa shape index (κ2) is 10.1. The average Bonchev–Trinajstić information content (AvgIpc) is 3.62. The predicted octanol–water partition coefficient (Wildman–Crippen LogP) is 2.95. The molecular weight excluding hydrogens is 409 g/mol. The minimum Gasteiger partial charge on any atom is -0.376 e. The van der Waals surface area contributed by atoms with E-state index in [1.165, 1.54) is 24.3 Å². The number of nitrogens with one attached hydrogen (secondary N) is 2. The number of hydrogen-bond acceptors (Lipinski definition) is 4. The van der Waals surface area contributed by atoms with Crippen LogP contribution >= 0.6 is 11.6 Å². The predicted molar refractivity (Wildman–Crippen MR) is 111 cm³/mol. The molecule has 2 fully saturated rings. The molecule has 6 nitrogen and oxygen atoms in total. The number of carbonyl (C=O) groups is 2. The van der Waals surface area contributed by atoms with Gasteiger partial charge in [0.25, 0.3) is 0 Å². The molecule has 0 heterocycles. The lowest BCUT2D eigenvalue weighted by molar-refractivity contribution is -0.128. The summed E-state index contributed by atoms with van der Waals surface area (Å²) in [5.74, 6) is -0.716. The van der Waals surface area contributed by atoms with E-state index in [4.69, 9.17) is 16.9 Å². The summed E-state index contributed by atoms with van der Waals surface area (Å²) in [5, 5.41) is 24.6. The van der Waals surface area contributed by atoms with Crippen molar-refractivity contribution in [3.63, 3.8) is 0 Å². The van der Waals surface area contributed by atoms with E-state index in [1.807, 2.05) is 0 Å². The number of hydrogen-bond donors (Lipinski definition) is 3. The lowest BCUT2D eigenvalue weighted by atomic mass is 10.0. The molecule has 2 amide bonds. The van der Waals surface area contributed by atoms with Gasteiger partial charge in [0.05, 0.1) is 12.1 Å². The summed E-state index contributed by atoms with van der Waals surface area (Å²) in [5.41, 5.74) is 0.208. The van der Waals surface area contributed by atoms with Crippen molar-refractivity contribution in [2.45, 2.75) is 56.7 Å². The number of rotatable bonds is 10. The SMILES string of the molecule is N#CC(O)C(CC1CC1)NC(=O)[C@H](CC1CC1)NC(=O)/C=C/c1ccc(Cl)cc1F. The van der Waals surface area contributed by atoms with Crippen molar-refractivity contribution in [1.82, 2.24) is 10.6 Å². The molecule has 1 aromatic carbocycles. The van der Waals surface area contributed by atoms with Crippen LogP contribution in [0.1, 0.15) is 44.1 Å². The first-order chi connectivity index (χ1) is 14.4. The molecule has 3 N–H and O–H groups in total. The molecule has 0 aliphatic heterocycles. The monoisotopic (exact) mass is 433 g/mol. The Balaban J connectivity index is 1.62. The number of carbonyl (C=O) groups excluding carboxylic acids is 2. The van der Waals surface area contributed by atoms with Gasteiger partial charge in [-0.25, -0.2) is 4.39 Å². The Morgan fingerprint density at radius 3 is 2.50 bits per heavy atom. The van der Waals surface area contributed by atoms with Crippen LogP contribution in [0.2, 0.25) is 5.02 Å². The third kappa shape index (κ3) is 6.82. The van der Waals surface area contributed by atoms with Crippen LogP contribution in [-0.4, -0.2) is 35.1 Å². The summed E-state index contributed by atoms with van der Waals surface area (Å²) in [6, 6.07) is 4.48. The van der Waals surface area contributed by atoms with Crippen molar-refractivity contribution in [3.8, 4) is 6.07 Å². The first-order valence-electron chi connectivity index (χ1n) is 10.2. The number of benzene rings is 1. The minimum atomic E-state index is -1.29. The lowest BCUT2D eigenvalue weighted by Crippen LogP contribution is -2.52. The highest BCUT2D eigenvalue weighted by Gasteiger charge is 2.34. The molecule has 1 aromatic rings. The fraction of sp³-hybridized carbons (Fsp3) is 0.500. The molecule has 2 saturated carbocycles. The Morgan fingerprint density at radius 2 is 1.90 bits per heavy atom. The zero-order valence-electron chi connectivity index (χ0n) is 16.5. The van der Waals surface area contributed by atoms with Gasteiger partial charge in [0, 0.05) is 16.7 Å². The minimum absolute atomic E-state index is 0.208. The Morgan fingerprint density at radius 1 is 1.23 bits per heavy atom. The van der Waals surface area contributed by atoms with Crippen molar-refractivity contribution >= 4 is 29.5 Å². The fourth-order valence-electron chi connectivity index (χ4n) is 3.29. The molecule has 8 heteroatoms.